The van der Waals surface area contributed by atoms with Gasteiger partial charge in [-0.15, -0.1) is 6.58 Å². The van der Waals surface area contributed by atoms with Crippen LogP contribution in [0.1, 0.15) is 62.3 Å². The van der Waals surface area contributed by atoms with Gasteiger partial charge in [-0.05, 0) is 26.3 Å². The lowest BCUT2D eigenvalue weighted by Crippen LogP contribution is -1.98. The maximum atomic E-state index is 10.6. The predicted molar refractivity (Wildman–Crippen MR) is 94.8 cm³/mol. The highest BCUT2D eigenvalue weighted by Crippen LogP contribution is 2.05. The molecule has 0 aromatic rings. The number of hydrogen-bond donors (Lipinski definition) is 0. The van der Waals surface area contributed by atoms with Crippen LogP contribution in [0.3, 0.4) is 0 Å². The first kappa shape index (κ1) is 31.0. The highest BCUT2D eigenvalue weighted by molar-refractivity contribution is 5.82. The van der Waals surface area contributed by atoms with Gasteiger partial charge in [0.25, 0.3) is 0 Å². The van der Waals surface area contributed by atoms with Gasteiger partial charge in [0, 0.05) is 6.08 Å². The van der Waals surface area contributed by atoms with Gasteiger partial charge in [0.1, 0.15) is 5.76 Å². The summed E-state index contributed by atoms with van der Waals surface area (Å²) in [6.07, 6.45) is 4.51. The third-order valence-corrected chi connectivity index (χ3v) is 1.28. The number of allylic oxidation sites excluding steroid dienone is 4. The van der Waals surface area contributed by atoms with Crippen molar-refractivity contribution in [3.8, 4) is 0 Å². The molecule has 0 amide bonds. The molecule has 0 saturated carbocycles. The van der Waals surface area contributed by atoms with Crippen LogP contribution in [0, 0.1) is 0 Å². The molecule has 0 rings (SSSR count). The zero-order valence-corrected chi connectivity index (χ0v) is 15.2. The molecule has 0 radical (unpaired) electrons. The van der Waals surface area contributed by atoms with Crippen molar-refractivity contribution in [2.45, 2.75) is 62.3 Å². The number of carbonyl (C=O) groups excluding carboxylic acids is 1. The molecule has 2 nitrogen and oxygen atoms in total. The average Bonchev–Trinajstić information content (AvgIpc) is 2.52. The Morgan fingerprint density at radius 1 is 0.850 bits per heavy atom. The van der Waals surface area contributed by atoms with Crippen LogP contribution in [0.4, 0.5) is 0 Å². The Balaban J connectivity index is -0.0000000698. The molecular formula is C18H36O2. The monoisotopic (exact) mass is 284 g/mol. The normalized spacial score (nSPS) is 7.85. The van der Waals surface area contributed by atoms with E-state index in [-0.39, 0.29) is 0 Å². The van der Waals surface area contributed by atoms with Crippen molar-refractivity contribution in [2.75, 3.05) is 0 Å². The molecule has 0 bridgehead atoms. The van der Waals surface area contributed by atoms with Gasteiger partial charge in [-0.3, -0.25) is 0 Å². The minimum Gasteiger partial charge on any atom is -0.428 e. The molecule has 0 aliphatic heterocycles. The Morgan fingerprint density at radius 2 is 1.15 bits per heavy atom. The SMILES string of the molecule is C=CC.C=CC(=O)O/C(C)=C(\C)C=C.CC.CC.CC. The van der Waals surface area contributed by atoms with Crippen LogP contribution in [0.25, 0.3) is 0 Å². The van der Waals surface area contributed by atoms with Crippen molar-refractivity contribution >= 4 is 5.97 Å². The molecule has 20 heavy (non-hydrogen) atoms. The molecule has 0 heterocycles. The van der Waals surface area contributed by atoms with Crippen LogP contribution in [0.5, 0.6) is 0 Å². The van der Waals surface area contributed by atoms with E-state index in [1.54, 1.807) is 19.1 Å². The van der Waals surface area contributed by atoms with E-state index in [1.165, 1.54) is 0 Å². The van der Waals surface area contributed by atoms with Gasteiger partial charge in [0.15, 0.2) is 0 Å². The number of ether oxygens (including phenoxy) is 1. The second kappa shape index (κ2) is 36.0. The van der Waals surface area contributed by atoms with Gasteiger partial charge in [0.2, 0.25) is 0 Å². The molecule has 0 aliphatic rings. The minimum absolute atomic E-state index is 0.441. The first-order chi connectivity index (χ1) is 9.53. The number of esters is 1. The molecule has 0 spiro atoms. The van der Waals surface area contributed by atoms with Crippen molar-refractivity contribution in [1.29, 1.82) is 0 Å². The fourth-order valence-corrected chi connectivity index (χ4v) is 0.417. The van der Waals surface area contributed by atoms with E-state index in [0.717, 1.165) is 11.6 Å². The van der Waals surface area contributed by atoms with E-state index in [9.17, 15) is 4.79 Å². The van der Waals surface area contributed by atoms with Crippen molar-refractivity contribution < 1.29 is 9.53 Å². The number of hydrogen-bond acceptors (Lipinski definition) is 2. The zero-order chi connectivity index (χ0) is 17.6. The number of carbonyl (C=O) groups is 1. The van der Waals surface area contributed by atoms with Crippen LogP contribution >= 0.6 is 0 Å². The van der Waals surface area contributed by atoms with Crippen LogP contribution in [-0.2, 0) is 9.53 Å². The van der Waals surface area contributed by atoms with E-state index in [2.05, 4.69) is 19.7 Å². The van der Waals surface area contributed by atoms with Crippen LogP contribution in [0.15, 0.2) is 49.3 Å². The second-order valence-corrected chi connectivity index (χ2v) is 2.48. The Labute approximate surface area is 127 Å². The Bertz CT molecular complexity index is 248. The summed E-state index contributed by atoms with van der Waals surface area (Å²) in [5.41, 5.74) is 0.847. The molecule has 0 N–H and O–H groups in total. The summed E-state index contributed by atoms with van der Waals surface area (Å²) in [6.45, 7) is 27.6. The summed E-state index contributed by atoms with van der Waals surface area (Å²) >= 11 is 0. The quantitative estimate of drug-likeness (QED) is 0.195. The second-order valence-electron chi connectivity index (χ2n) is 2.48. The summed E-state index contributed by atoms with van der Waals surface area (Å²) in [4.78, 5) is 10.6. The lowest BCUT2D eigenvalue weighted by atomic mass is 10.3. The molecule has 120 valence electrons. The third-order valence-electron chi connectivity index (χ3n) is 1.28. The fourth-order valence-electron chi connectivity index (χ4n) is 0.417. The Hall–Kier alpha value is -1.57. The molecule has 0 atom stereocenters. The van der Waals surface area contributed by atoms with E-state index < -0.39 is 5.97 Å². The smallest absolute Gasteiger partial charge is 0.335 e. The van der Waals surface area contributed by atoms with Gasteiger partial charge in [0.05, 0.1) is 0 Å². The van der Waals surface area contributed by atoms with Crippen LogP contribution < -0.4 is 0 Å². The molecule has 0 saturated heterocycles. The van der Waals surface area contributed by atoms with Gasteiger partial charge >= 0.3 is 5.97 Å². The predicted octanol–water partition coefficient (Wildman–Crippen LogP) is 6.47. The Morgan fingerprint density at radius 3 is 1.35 bits per heavy atom. The molecular weight excluding hydrogens is 248 g/mol. The highest BCUT2D eigenvalue weighted by Gasteiger charge is 1.98. The largest absolute Gasteiger partial charge is 0.428 e. The standard InChI is InChI=1S/C9H12O2.C3H6.3C2H6/c1-5-7(3)8(4)11-9(10)6-2;1-3-2;3*1-2/h5-6H,1-2H2,3-4H3;3H,1H2,2H3;3*1-2H3/b8-7+;;;;. The first-order valence-corrected chi connectivity index (χ1v) is 7.24. The van der Waals surface area contributed by atoms with Crippen molar-refractivity contribution in [3.63, 3.8) is 0 Å². The minimum atomic E-state index is -0.441. The number of rotatable bonds is 3. The molecule has 0 aromatic carbocycles. The first-order valence-electron chi connectivity index (χ1n) is 7.24. The summed E-state index contributed by atoms with van der Waals surface area (Å²) in [5, 5.41) is 0. The molecule has 2 heteroatoms. The van der Waals surface area contributed by atoms with Gasteiger partial charge in [-0.2, -0.15) is 0 Å². The van der Waals surface area contributed by atoms with E-state index in [4.69, 9.17) is 4.74 Å². The molecule has 0 aromatic heterocycles. The van der Waals surface area contributed by atoms with Crippen LogP contribution in [-0.4, -0.2) is 5.97 Å². The molecule has 0 unspecified atom stereocenters. The topological polar surface area (TPSA) is 26.3 Å². The van der Waals surface area contributed by atoms with Gasteiger partial charge < -0.3 is 4.74 Å². The van der Waals surface area contributed by atoms with Gasteiger partial charge in [-0.25, -0.2) is 4.79 Å². The maximum absolute atomic E-state index is 10.6. The average molecular weight is 284 g/mol. The van der Waals surface area contributed by atoms with Crippen molar-refractivity contribution in [1.82, 2.24) is 0 Å². The fraction of sp³-hybridized carbons (Fsp3) is 0.500. The zero-order valence-electron chi connectivity index (χ0n) is 15.2. The summed E-state index contributed by atoms with van der Waals surface area (Å²) in [5.74, 6) is 0.119. The third kappa shape index (κ3) is 36.0. The lowest BCUT2D eigenvalue weighted by molar-refractivity contribution is -0.133. The Kier molecular flexibility index (Phi) is 55.9. The molecule has 0 fully saturated rings. The summed E-state index contributed by atoms with van der Waals surface area (Å²) in [6, 6.07) is 0. The lowest BCUT2D eigenvalue weighted by Gasteiger charge is -2.02. The van der Waals surface area contributed by atoms with Crippen molar-refractivity contribution in [2.24, 2.45) is 0 Å². The van der Waals surface area contributed by atoms with Gasteiger partial charge in [-0.1, -0.05) is 66.9 Å². The van der Waals surface area contributed by atoms with E-state index >= 15 is 0 Å². The van der Waals surface area contributed by atoms with E-state index in [0.29, 0.717) is 5.76 Å². The summed E-state index contributed by atoms with van der Waals surface area (Å²) in [7, 11) is 0. The maximum Gasteiger partial charge on any atom is 0.335 e. The summed E-state index contributed by atoms with van der Waals surface area (Å²) < 4.78 is 4.80. The molecule has 0 aliphatic carbocycles. The van der Waals surface area contributed by atoms with E-state index in [1.807, 2.05) is 55.4 Å². The highest BCUT2D eigenvalue weighted by atomic mass is 16.5. The van der Waals surface area contributed by atoms with Crippen LogP contribution in [0.2, 0.25) is 0 Å². The van der Waals surface area contributed by atoms with Crippen molar-refractivity contribution in [3.05, 3.63) is 49.3 Å².